The van der Waals surface area contributed by atoms with Crippen molar-refractivity contribution in [1.82, 2.24) is 25.2 Å². The van der Waals surface area contributed by atoms with Crippen molar-refractivity contribution in [3.05, 3.63) is 41.7 Å². The highest BCUT2D eigenvalue weighted by atomic mass is 16.6. The van der Waals surface area contributed by atoms with E-state index in [1.165, 1.54) is 4.90 Å². The first-order valence-electron chi connectivity index (χ1n) is 16.8. The lowest BCUT2D eigenvalue weighted by Crippen LogP contribution is -2.57. The summed E-state index contributed by atoms with van der Waals surface area (Å²) in [6.07, 6.45) is 5.32. The molecule has 2 aliphatic heterocycles. The number of hydrogen-bond acceptors (Lipinski definition) is 10. The number of carbonyl (C=O) groups excluding carboxylic acids is 2. The fourth-order valence-electron chi connectivity index (χ4n) is 6.85. The van der Waals surface area contributed by atoms with Crippen molar-refractivity contribution < 1.29 is 38.1 Å². The minimum absolute atomic E-state index is 0.00205. The molecule has 48 heavy (non-hydrogen) atoms. The highest BCUT2D eigenvalue weighted by Crippen LogP contribution is 2.49. The number of aliphatic carboxylic acids is 1. The lowest BCUT2D eigenvalue weighted by atomic mass is 9.85. The number of aromatic nitrogens is 3. The third kappa shape index (κ3) is 7.05. The van der Waals surface area contributed by atoms with Gasteiger partial charge in [0, 0.05) is 17.9 Å². The molecule has 6 rings (SSSR count). The number of nitrogens with one attached hydrogen (secondary N) is 1. The second-order valence-electron chi connectivity index (χ2n) is 14.7. The third-order valence-corrected chi connectivity index (χ3v) is 9.82. The van der Waals surface area contributed by atoms with E-state index in [0.717, 1.165) is 32.1 Å². The Balaban J connectivity index is 1.32. The summed E-state index contributed by atoms with van der Waals surface area (Å²) in [4.78, 5) is 55.2. The Morgan fingerprint density at radius 2 is 1.96 bits per heavy atom. The van der Waals surface area contributed by atoms with Crippen LogP contribution in [0.5, 0.6) is 11.6 Å². The van der Waals surface area contributed by atoms with Crippen LogP contribution in [0.4, 0.5) is 4.79 Å². The van der Waals surface area contributed by atoms with E-state index in [-0.39, 0.29) is 19.1 Å². The normalized spacial score (nSPS) is 28.3. The van der Waals surface area contributed by atoms with Gasteiger partial charge in [-0.2, -0.15) is 0 Å². The molecular formula is C35H45N5O8. The number of carboxylic acid groups (broad SMARTS) is 1. The average Bonchev–Trinajstić information content (AvgIpc) is 3.28. The summed E-state index contributed by atoms with van der Waals surface area (Å²) in [6, 6.07) is 3.24. The Morgan fingerprint density at radius 3 is 2.67 bits per heavy atom. The van der Waals surface area contributed by atoms with Crippen molar-refractivity contribution in [2.45, 2.75) is 110 Å². The lowest BCUT2D eigenvalue weighted by molar-refractivity contribution is -0.151. The lowest BCUT2D eigenvalue weighted by Gasteiger charge is -2.35. The Morgan fingerprint density at radius 1 is 1.17 bits per heavy atom. The van der Waals surface area contributed by atoms with E-state index in [0.29, 0.717) is 46.4 Å². The number of amides is 2. The molecule has 1 saturated heterocycles. The van der Waals surface area contributed by atoms with Gasteiger partial charge in [-0.1, -0.05) is 40.5 Å². The molecule has 6 atom stereocenters. The topological polar surface area (TPSA) is 166 Å². The quantitative estimate of drug-likeness (QED) is 0.376. The van der Waals surface area contributed by atoms with Crippen LogP contribution in [0.15, 0.2) is 28.8 Å². The standard InChI is InChI=1S/C35H45N5O8/c1-19-16-36-27(46-19)18-45-22-12-13-23-25(14-22)38-30-24(37-23)11-9-7-8-10-21-15-35(21,6)48-33(44)39-29(34(3,4)5)31(41)40-17-26(47-30)20(2)28(40)32(42)43/h12-14,16,20-21,26,28-29H,7-11,15,17-18H2,1-6H3,(H,39,44)(H,42,43)/t20-,21-,26+,28+,29-,35-/m1/s1. The van der Waals surface area contributed by atoms with Crippen molar-refractivity contribution >= 4 is 29.0 Å². The van der Waals surface area contributed by atoms with Crippen molar-refractivity contribution in [2.24, 2.45) is 17.3 Å². The van der Waals surface area contributed by atoms with Gasteiger partial charge in [-0.15, -0.1) is 0 Å². The van der Waals surface area contributed by atoms with Crippen molar-refractivity contribution in [3.8, 4) is 11.6 Å². The minimum atomic E-state index is -1.17. The van der Waals surface area contributed by atoms with Crippen LogP contribution in [0.2, 0.25) is 0 Å². The first-order valence-corrected chi connectivity index (χ1v) is 16.8. The molecule has 0 radical (unpaired) electrons. The van der Waals surface area contributed by atoms with Gasteiger partial charge in [0.25, 0.3) is 0 Å². The van der Waals surface area contributed by atoms with Crippen LogP contribution in [0.1, 0.15) is 84.1 Å². The largest absolute Gasteiger partial charge is 0.484 e. The molecule has 0 spiro atoms. The van der Waals surface area contributed by atoms with Crippen LogP contribution in [-0.2, 0) is 27.4 Å². The zero-order chi connectivity index (χ0) is 34.4. The monoisotopic (exact) mass is 663 g/mol. The first-order chi connectivity index (χ1) is 22.7. The van der Waals surface area contributed by atoms with Gasteiger partial charge in [-0.3, -0.25) is 4.79 Å². The number of aryl methyl sites for hydroxylation is 2. The SMILES string of the molecule is Cc1cnc(COc2ccc3nc4c(nc3c2)O[C@H]2CN(C(=O)[C@H](C(C)(C)C)NC(=O)O[C@]3(C)C[C@H]3CCCCC4)[C@H](C(=O)O)[C@@H]2C)o1. The molecule has 258 valence electrons. The molecule has 2 bridgehead atoms. The Bertz CT molecular complexity index is 1700. The predicted octanol–water partition coefficient (Wildman–Crippen LogP) is 5.22. The number of alkyl carbamates (subject to hydrolysis) is 1. The Labute approximate surface area is 279 Å². The van der Waals surface area contributed by atoms with Gasteiger partial charge in [0.05, 0.1) is 23.8 Å². The number of carbonyl (C=O) groups is 3. The number of rotatable bonds is 4. The summed E-state index contributed by atoms with van der Waals surface area (Å²) in [5.41, 5.74) is 0.589. The molecule has 2 amide bonds. The fourth-order valence-corrected chi connectivity index (χ4v) is 6.85. The second kappa shape index (κ2) is 12.9. The number of ether oxygens (including phenoxy) is 3. The maximum atomic E-state index is 14.1. The number of hydrogen-bond donors (Lipinski definition) is 2. The zero-order valence-corrected chi connectivity index (χ0v) is 28.4. The first kappa shape index (κ1) is 33.5. The van der Waals surface area contributed by atoms with Crippen LogP contribution in [-0.4, -0.2) is 73.3 Å². The smallest absolute Gasteiger partial charge is 0.408 e. The fraction of sp³-hybridized carbons (Fsp3) is 0.600. The van der Waals surface area contributed by atoms with Crippen LogP contribution in [0, 0.1) is 24.2 Å². The highest BCUT2D eigenvalue weighted by molar-refractivity contribution is 5.90. The predicted molar refractivity (Wildman–Crippen MR) is 173 cm³/mol. The Hall–Kier alpha value is -4.42. The van der Waals surface area contributed by atoms with Gasteiger partial charge in [0.15, 0.2) is 6.61 Å². The summed E-state index contributed by atoms with van der Waals surface area (Å²) in [7, 11) is 0. The van der Waals surface area contributed by atoms with Crippen molar-refractivity contribution in [2.75, 3.05) is 6.54 Å². The van der Waals surface area contributed by atoms with E-state index < -0.39 is 53.1 Å². The molecule has 2 fully saturated rings. The van der Waals surface area contributed by atoms with Crippen LogP contribution >= 0.6 is 0 Å². The summed E-state index contributed by atoms with van der Waals surface area (Å²) in [5, 5.41) is 13.1. The molecule has 2 aromatic heterocycles. The molecule has 13 heteroatoms. The zero-order valence-electron chi connectivity index (χ0n) is 28.4. The van der Waals surface area contributed by atoms with Gasteiger partial charge in [0.2, 0.25) is 17.7 Å². The molecule has 1 saturated carbocycles. The van der Waals surface area contributed by atoms with Crippen LogP contribution in [0.25, 0.3) is 11.0 Å². The van der Waals surface area contributed by atoms with E-state index in [2.05, 4.69) is 10.3 Å². The van der Waals surface area contributed by atoms with E-state index in [4.69, 9.17) is 28.6 Å². The molecule has 0 unspecified atom stereocenters. The van der Waals surface area contributed by atoms with Crippen LogP contribution in [0.3, 0.4) is 0 Å². The molecule has 4 heterocycles. The van der Waals surface area contributed by atoms with Gasteiger partial charge in [-0.05, 0) is 57.1 Å². The molecule has 3 aliphatic rings. The number of carboxylic acids is 1. The van der Waals surface area contributed by atoms with Gasteiger partial charge >= 0.3 is 12.1 Å². The third-order valence-electron chi connectivity index (χ3n) is 9.82. The molecular weight excluding hydrogens is 618 g/mol. The number of oxazole rings is 1. The van der Waals surface area contributed by atoms with E-state index in [1.807, 2.05) is 46.8 Å². The van der Waals surface area contributed by atoms with Gasteiger partial charge < -0.3 is 34.0 Å². The maximum absolute atomic E-state index is 14.1. The summed E-state index contributed by atoms with van der Waals surface area (Å²) < 4.78 is 23.8. The van der Waals surface area contributed by atoms with E-state index in [9.17, 15) is 19.5 Å². The second-order valence-corrected chi connectivity index (χ2v) is 14.7. The van der Waals surface area contributed by atoms with Crippen molar-refractivity contribution in [3.63, 3.8) is 0 Å². The molecule has 3 aromatic rings. The van der Waals surface area contributed by atoms with Crippen LogP contribution < -0.4 is 14.8 Å². The van der Waals surface area contributed by atoms with Crippen molar-refractivity contribution in [1.29, 1.82) is 0 Å². The number of nitrogens with zero attached hydrogens (tertiary/aromatic N) is 4. The van der Waals surface area contributed by atoms with Gasteiger partial charge in [-0.25, -0.2) is 24.5 Å². The Kier molecular flexibility index (Phi) is 8.99. The molecule has 1 aromatic carbocycles. The molecule has 2 N–H and O–H groups in total. The summed E-state index contributed by atoms with van der Waals surface area (Å²) in [6.45, 7) is 11.1. The molecule has 1 aliphatic carbocycles. The van der Waals surface area contributed by atoms with E-state index in [1.54, 1.807) is 19.2 Å². The number of fused-ring (bicyclic) bond motifs is 5. The molecule has 13 nitrogen and oxygen atoms in total. The van der Waals surface area contributed by atoms with E-state index >= 15 is 0 Å². The maximum Gasteiger partial charge on any atom is 0.408 e. The summed E-state index contributed by atoms with van der Waals surface area (Å²) >= 11 is 0. The minimum Gasteiger partial charge on any atom is -0.484 e. The average molecular weight is 664 g/mol. The number of benzene rings is 1. The highest BCUT2D eigenvalue weighted by Gasteiger charge is 2.54. The summed E-state index contributed by atoms with van der Waals surface area (Å²) in [5.74, 6) is 0.0152. The van der Waals surface area contributed by atoms with Gasteiger partial charge in [0.1, 0.15) is 41.0 Å².